The average molecular weight is 292 g/mol. The molecule has 0 unspecified atom stereocenters. The van der Waals surface area contributed by atoms with Gasteiger partial charge in [0.2, 0.25) is 0 Å². The van der Waals surface area contributed by atoms with Crippen LogP contribution in [0, 0.1) is 6.92 Å². The van der Waals surface area contributed by atoms with E-state index in [1.807, 2.05) is 40.0 Å². The van der Waals surface area contributed by atoms with Gasteiger partial charge in [0, 0.05) is 33.2 Å². The zero-order chi connectivity index (χ0) is 16.0. The summed E-state index contributed by atoms with van der Waals surface area (Å²) >= 11 is 0. The Balaban J connectivity index is 3.01. The molecular formula is C16H28N4O. The molecular weight excluding hydrogens is 264 g/mol. The molecule has 0 fully saturated rings. The predicted octanol–water partition coefficient (Wildman–Crippen LogP) is 3.13. The fourth-order valence-electron chi connectivity index (χ4n) is 2.43. The van der Waals surface area contributed by atoms with E-state index in [0.29, 0.717) is 13.1 Å². The number of pyridine rings is 1. The van der Waals surface area contributed by atoms with Crippen molar-refractivity contribution in [3.8, 4) is 0 Å². The number of amides is 2. The van der Waals surface area contributed by atoms with Crippen molar-refractivity contribution in [3.63, 3.8) is 0 Å². The third-order valence-corrected chi connectivity index (χ3v) is 3.81. The smallest absolute Gasteiger partial charge is 0.324 e. The maximum Gasteiger partial charge on any atom is 0.324 e. The van der Waals surface area contributed by atoms with Gasteiger partial charge in [-0.2, -0.15) is 0 Å². The Labute approximate surface area is 128 Å². The first-order chi connectivity index (χ1) is 9.99. The number of carbonyl (C=O) groups excluding carboxylic acids is 1. The van der Waals surface area contributed by atoms with Gasteiger partial charge in [0.15, 0.2) is 0 Å². The van der Waals surface area contributed by atoms with Crippen LogP contribution in [0.15, 0.2) is 12.1 Å². The topological polar surface area (TPSA) is 39.7 Å². The number of hydrogen-bond acceptors (Lipinski definition) is 3. The van der Waals surface area contributed by atoms with Crippen LogP contribution in [0.4, 0.5) is 16.3 Å². The molecule has 1 aromatic rings. The molecule has 0 saturated heterocycles. The summed E-state index contributed by atoms with van der Waals surface area (Å²) in [6.45, 7) is 13.4. The quantitative estimate of drug-likeness (QED) is 0.808. The number of anilines is 2. The van der Waals surface area contributed by atoms with Gasteiger partial charge in [0.05, 0.1) is 11.4 Å². The van der Waals surface area contributed by atoms with Crippen molar-refractivity contribution in [1.82, 2.24) is 9.88 Å². The Morgan fingerprint density at radius 1 is 1.05 bits per heavy atom. The fourth-order valence-corrected chi connectivity index (χ4v) is 2.43. The summed E-state index contributed by atoms with van der Waals surface area (Å²) < 4.78 is 0. The molecule has 5 nitrogen and oxygen atoms in total. The lowest BCUT2D eigenvalue weighted by Gasteiger charge is -2.28. The van der Waals surface area contributed by atoms with Crippen molar-refractivity contribution in [2.75, 3.05) is 43.0 Å². The fraction of sp³-hybridized carbons (Fsp3) is 0.625. The molecule has 1 heterocycles. The lowest BCUT2D eigenvalue weighted by atomic mass is 10.2. The highest BCUT2D eigenvalue weighted by Gasteiger charge is 2.19. The van der Waals surface area contributed by atoms with Crippen molar-refractivity contribution in [1.29, 1.82) is 0 Å². The van der Waals surface area contributed by atoms with Gasteiger partial charge in [0.25, 0.3) is 0 Å². The van der Waals surface area contributed by atoms with E-state index in [-0.39, 0.29) is 6.03 Å². The first-order valence-electron chi connectivity index (χ1n) is 7.75. The predicted molar refractivity (Wildman–Crippen MR) is 89.3 cm³/mol. The van der Waals surface area contributed by atoms with Crippen molar-refractivity contribution in [2.45, 2.75) is 34.6 Å². The van der Waals surface area contributed by atoms with Crippen LogP contribution >= 0.6 is 0 Å². The van der Waals surface area contributed by atoms with Gasteiger partial charge in [-0.1, -0.05) is 0 Å². The van der Waals surface area contributed by atoms with Crippen LogP contribution in [0.3, 0.4) is 0 Å². The first kappa shape index (κ1) is 17.3. The average Bonchev–Trinajstić information content (AvgIpc) is 2.49. The molecule has 1 aromatic heterocycles. The number of nitrogens with zero attached hydrogens (tertiary/aromatic N) is 4. The van der Waals surface area contributed by atoms with Crippen LogP contribution < -0.4 is 9.80 Å². The Morgan fingerprint density at radius 2 is 1.62 bits per heavy atom. The lowest BCUT2D eigenvalue weighted by molar-refractivity contribution is 0.211. The van der Waals surface area contributed by atoms with E-state index in [4.69, 9.17) is 0 Å². The van der Waals surface area contributed by atoms with Gasteiger partial charge in [0.1, 0.15) is 5.82 Å². The van der Waals surface area contributed by atoms with E-state index in [1.165, 1.54) is 0 Å². The lowest BCUT2D eigenvalue weighted by Crippen LogP contribution is -2.41. The van der Waals surface area contributed by atoms with E-state index in [9.17, 15) is 4.79 Å². The van der Waals surface area contributed by atoms with Crippen LogP contribution in [-0.2, 0) is 0 Å². The summed E-state index contributed by atoms with van der Waals surface area (Å²) in [7, 11) is 1.81. The minimum Gasteiger partial charge on any atom is -0.357 e. The summed E-state index contributed by atoms with van der Waals surface area (Å²) in [6.07, 6.45) is 0. The summed E-state index contributed by atoms with van der Waals surface area (Å²) in [4.78, 5) is 22.7. The maximum atomic E-state index is 12.4. The molecule has 21 heavy (non-hydrogen) atoms. The van der Waals surface area contributed by atoms with Crippen LogP contribution in [0.25, 0.3) is 0 Å². The Morgan fingerprint density at radius 3 is 2.05 bits per heavy atom. The highest BCUT2D eigenvalue weighted by atomic mass is 16.2. The summed E-state index contributed by atoms with van der Waals surface area (Å²) in [6, 6.07) is 3.99. The Kier molecular flexibility index (Phi) is 6.46. The highest BCUT2D eigenvalue weighted by Crippen LogP contribution is 2.22. The number of aromatic nitrogens is 1. The third-order valence-electron chi connectivity index (χ3n) is 3.81. The van der Waals surface area contributed by atoms with Crippen molar-refractivity contribution < 1.29 is 4.79 Å². The van der Waals surface area contributed by atoms with Crippen LogP contribution in [0.2, 0.25) is 0 Å². The molecule has 0 aliphatic heterocycles. The number of rotatable bonds is 6. The van der Waals surface area contributed by atoms with Gasteiger partial charge in [-0.05, 0) is 46.8 Å². The minimum atomic E-state index is 0.0143. The number of carbonyl (C=O) groups is 1. The molecule has 0 saturated carbocycles. The molecule has 0 spiro atoms. The van der Waals surface area contributed by atoms with Gasteiger partial charge in [-0.3, -0.25) is 4.90 Å². The van der Waals surface area contributed by atoms with E-state index < -0.39 is 0 Å². The van der Waals surface area contributed by atoms with Crippen molar-refractivity contribution in [2.24, 2.45) is 0 Å². The second-order valence-electron chi connectivity index (χ2n) is 4.96. The van der Waals surface area contributed by atoms with Crippen molar-refractivity contribution >= 4 is 17.5 Å². The molecule has 5 heteroatoms. The molecule has 1 rings (SSSR count). The van der Waals surface area contributed by atoms with Gasteiger partial charge in [-0.25, -0.2) is 9.78 Å². The van der Waals surface area contributed by atoms with Crippen LogP contribution in [-0.4, -0.2) is 49.1 Å². The van der Waals surface area contributed by atoms with Crippen molar-refractivity contribution in [3.05, 3.63) is 17.8 Å². The van der Waals surface area contributed by atoms with Gasteiger partial charge < -0.3 is 9.80 Å². The highest BCUT2D eigenvalue weighted by molar-refractivity contribution is 5.92. The monoisotopic (exact) mass is 292 g/mol. The van der Waals surface area contributed by atoms with E-state index in [0.717, 1.165) is 30.3 Å². The Bertz CT molecular complexity index is 467. The molecule has 0 bridgehead atoms. The van der Waals surface area contributed by atoms with Crippen LogP contribution in [0.5, 0.6) is 0 Å². The number of hydrogen-bond donors (Lipinski definition) is 0. The number of aryl methyl sites for hydroxylation is 1. The molecule has 0 atom stereocenters. The largest absolute Gasteiger partial charge is 0.357 e. The molecule has 0 aromatic carbocycles. The second kappa shape index (κ2) is 7.86. The molecule has 0 aliphatic rings. The molecule has 118 valence electrons. The van der Waals surface area contributed by atoms with Gasteiger partial charge in [-0.15, -0.1) is 0 Å². The normalized spacial score (nSPS) is 10.4. The SMILES string of the molecule is CCN(CC)C(=O)N(C)c1ccc(N(CC)CC)nc1C. The standard InChI is InChI=1S/C16H28N4O/c1-7-19(8-2)15-12-11-14(13(5)17-15)18(6)16(21)20(9-3)10-4/h11-12H,7-10H2,1-6H3. The second-order valence-corrected chi connectivity index (χ2v) is 4.96. The van der Waals surface area contributed by atoms with E-state index >= 15 is 0 Å². The van der Waals surface area contributed by atoms with E-state index in [2.05, 4.69) is 23.7 Å². The summed E-state index contributed by atoms with van der Waals surface area (Å²) in [5.74, 6) is 0.963. The number of urea groups is 1. The molecule has 0 N–H and O–H groups in total. The molecule has 0 aliphatic carbocycles. The van der Waals surface area contributed by atoms with Gasteiger partial charge >= 0.3 is 6.03 Å². The maximum absolute atomic E-state index is 12.4. The zero-order valence-electron chi connectivity index (χ0n) is 14.2. The first-order valence-corrected chi connectivity index (χ1v) is 7.75. The van der Waals surface area contributed by atoms with E-state index in [1.54, 1.807) is 9.80 Å². The molecule has 2 amide bonds. The Hall–Kier alpha value is -1.78. The van der Waals surface area contributed by atoms with Crippen LogP contribution in [0.1, 0.15) is 33.4 Å². The molecule has 0 radical (unpaired) electrons. The summed E-state index contributed by atoms with van der Waals surface area (Å²) in [5, 5.41) is 0. The summed E-state index contributed by atoms with van der Waals surface area (Å²) in [5.41, 5.74) is 1.74. The zero-order valence-corrected chi connectivity index (χ0v) is 14.2. The minimum absolute atomic E-state index is 0.0143. The third kappa shape index (κ3) is 3.86.